The first-order valence-electron chi connectivity index (χ1n) is 9.35. The van der Waals surface area contributed by atoms with Gasteiger partial charge in [0.1, 0.15) is 18.1 Å². The Morgan fingerprint density at radius 3 is 2.11 bits per heavy atom. The molecule has 4 aromatic rings. The first kappa shape index (κ1) is 18.1. The largest absolute Gasteiger partial charge is 0.489 e. The van der Waals surface area contributed by atoms with Crippen molar-refractivity contribution in [2.45, 2.75) is 27.4 Å². The second-order valence-corrected chi connectivity index (χ2v) is 7.95. The molecule has 0 radical (unpaired) electrons. The molecular formula is C24H23NO3. The number of aromatic amines is 1. The average Bonchev–Trinajstić information content (AvgIpc) is 3.03. The lowest BCUT2D eigenvalue weighted by atomic mass is 9.97. The minimum Gasteiger partial charge on any atom is -0.489 e. The van der Waals surface area contributed by atoms with E-state index in [0.717, 1.165) is 33.1 Å². The van der Waals surface area contributed by atoms with Gasteiger partial charge in [0, 0.05) is 22.9 Å². The highest BCUT2D eigenvalue weighted by Gasteiger charge is 2.23. The number of aromatic nitrogens is 1. The van der Waals surface area contributed by atoms with Crippen LogP contribution < -0.4 is 9.47 Å². The van der Waals surface area contributed by atoms with E-state index in [9.17, 15) is 4.79 Å². The molecule has 0 aliphatic carbocycles. The molecule has 0 aliphatic heterocycles. The van der Waals surface area contributed by atoms with Gasteiger partial charge in [-0.15, -0.1) is 0 Å². The lowest BCUT2D eigenvalue weighted by Crippen LogP contribution is -2.25. The number of esters is 1. The quantitative estimate of drug-likeness (QED) is 0.360. The lowest BCUT2D eigenvalue weighted by molar-refractivity contribution is -0.142. The molecule has 0 atom stereocenters. The van der Waals surface area contributed by atoms with Crippen LogP contribution in [0.5, 0.6) is 11.5 Å². The third-order valence-corrected chi connectivity index (χ3v) is 4.61. The lowest BCUT2D eigenvalue weighted by Gasteiger charge is -2.16. The Balaban J connectivity index is 1.59. The molecule has 0 fully saturated rings. The maximum Gasteiger partial charge on any atom is 0.316 e. The molecular weight excluding hydrogens is 350 g/mol. The van der Waals surface area contributed by atoms with Gasteiger partial charge in [-0.05, 0) is 50.6 Å². The van der Waals surface area contributed by atoms with E-state index < -0.39 is 5.41 Å². The molecule has 0 amide bonds. The van der Waals surface area contributed by atoms with E-state index in [1.807, 2.05) is 81.4 Å². The van der Waals surface area contributed by atoms with Gasteiger partial charge in [-0.2, -0.15) is 0 Å². The van der Waals surface area contributed by atoms with Crippen molar-refractivity contribution in [3.8, 4) is 11.5 Å². The summed E-state index contributed by atoms with van der Waals surface area (Å²) in [5.74, 6) is 1.10. The van der Waals surface area contributed by atoms with E-state index >= 15 is 0 Å². The molecule has 0 unspecified atom stereocenters. The van der Waals surface area contributed by atoms with E-state index in [0.29, 0.717) is 12.4 Å². The number of carbonyl (C=O) groups excluding carboxylic acids is 1. The summed E-state index contributed by atoms with van der Waals surface area (Å²) in [6.45, 7) is 6.05. The molecule has 0 aliphatic rings. The number of carbonyl (C=O) groups is 1. The van der Waals surface area contributed by atoms with Crippen molar-refractivity contribution in [3.63, 3.8) is 0 Å². The van der Waals surface area contributed by atoms with E-state index in [1.165, 1.54) is 0 Å². The van der Waals surface area contributed by atoms with Crippen LogP contribution in [-0.2, 0) is 11.4 Å². The summed E-state index contributed by atoms with van der Waals surface area (Å²) in [6.07, 6.45) is 0. The second kappa shape index (κ2) is 7.04. The van der Waals surface area contributed by atoms with Crippen LogP contribution >= 0.6 is 0 Å². The summed E-state index contributed by atoms with van der Waals surface area (Å²) in [5, 5.41) is 2.19. The molecule has 0 saturated carbocycles. The van der Waals surface area contributed by atoms with Gasteiger partial charge in [0.2, 0.25) is 0 Å². The van der Waals surface area contributed by atoms with Gasteiger partial charge in [0.15, 0.2) is 0 Å². The molecule has 4 nitrogen and oxygen atoms in total. The van der Waals surface area contributed by atoms with E-state index in [4.69, 9.17) is 9.47 Å². The Bertz CT molecular complexity index is 1140. The maximum atomic E-state index is 12.1. The zero-order chi connectivity index (χ0) is 19.7. The summed E-state index contributed by atoms with van der Waals surface area (Å²) in [4.78, 5) is 15.5. The molecule has 28 heavy (non-hydrogen) atoms. The van der Waals surface area contributed by atoms with Crippen molar-refractivity contribution in [1.82, 2.24) is 4.98 Å². The molecule has 4 heteroatoms. The Hall–Kier alpha value is -3.27. The number of ether oxygens (including phenoxy) is 2. The van der Waals surface area contributed by atoms with E-state index in [-0.39, 0.29) is 5.97 Å². The topological polar surface area (TPSA) is 51.3 Å². The van der Waals surface area contributed by atoms with Gasteiger partial charge in [-0.1, -0.05) is 30.3 Å². The molecule has 4 rings (SSSR count). The number of fused-ring (bicyclic) bond motifs is 3. The summed E-state index contributed by atoms with van der Waals surface area (Å²) >= 11 is 0. The van der Waals surface area contributed by atoms with Gasteiger partial charge in [0.05, 0.1) is 16.4 Å². The van der Waals surface area contributed by atoms with Gasteiger partial charge in [-0.3, -0.25) is 4.79 Å². The van der Waals surface area contributed by atoms with Crippen LogP contribution in [0.15, 0.2) is 66.7 Å². The van der Waals surface area contributed by atoms with Gasteiger partial charge >= 0.3 is 5.97 Å². The van der Waals surface area contributed by atoms with Crippen molar-refractivity contribution in [2.24, 2.45) is 5.41 Å². The summed E-state index contributed by atoms with van der Waals surface area (Å²) < 4.78 is 11.4. The Labute approximate surface area is 164 Å². The molecule has 1 heterocycles. The fourth-order valence-electron chi connectivity index (χ4n) is 3.02. The van der Waals surface area contributed by atoms with E-state index in [1.54, 1.807) is 0 Å². The number of H-pyrrole nitrogens is 1. The minimum absolute atomic E-state index is 0.250. The highest BCUT2D eigenvalue weighted by atomic mass is 16.5. The molecule has 3 aromatic carbocycles. The maximum absolute atomic E-state index is 12.1. The van der Waals surface area contributed by atoms with Crippen LogP contribution in [0.3, 0.4) is 0 Å². The summed E-state index contributed by atoms with van der Waals surface area (Å²) in [6, 6.07) is 21.8. The summed E-state index contributed by atoms with van der Waals surface area (Å²) in [5.41, 5.74) is 2.50. The smallest absolute Gasteiger partial charge is 0.316 e. The van der Waals surface area contributed by atoms with E-state index in [2.05, 4.69) is 11.1 Å². The predicted molar refractivity (Wildman–Crippen MR) is 112 cm³/mol. The SMILES string of the molecule is CC(C)(C)C(=O)Oc1ccc2c(c1)[nH]c1cc(OCc3ccccc3)ccc12. The second-order valence-electron chi connectivity index (χ2n) is 7.95. The fraction of sp³-hybridized carbons (Fsp3) is 0.208. The van der Waals surface area contributed by atoms with Gasteiger partial charge < -0.3 is 14.5 Å². The number of hydrogen-bond donors (Lipinski definition) is 1. The number of rotatable bonds is 4. The molecule has 0 saturated heterocycles. The fourth-order valence-corrected chi connectivity index (χ4v) is 3.02. The first-order valence-corrected chi connectivity index (χ1v) is 9.35. The molecule has 1 aromatic heterocycles. The summed E-state index contributed by atoms with van der Waals surface area (Å²) in [7, 11) is 0. The van der Waals surface area contributed by atoms with Crippen LogP contribution in [0, 0.1) is 5.41 Å². The molecule has 0 bridgehead atoms. The van der Waals surface area contributed by atoms with Gasteiger partial charge in [-0.25, -0.2) is 0 Å². The van der Waals surface area contributed by atoms with Crippen LogP contribution in [0.25, 0.3) is 21.8 Å². The number of nitrogens with one attached hydrogen (secondary N) is 1. The first-order chi connectivity index (χ1) is 13.4. The van der Waals surface area contributed by atoms with Crippen molar-refractivity contribution in [3.05, 3.63) is 72.3 Å². The van der Waals surface area contributed by atoms with Crippen molar-refractivity contribution in [2.75, 3.05) is 0 Å². The van der Waals surface area contributed by atoms with Crippen LogP contribution in [0.2, 0.25) is 0 Å². The third-order valence-electron chi connectivity index (χ3n) is 4.61. The van der Waals surface area contributed by atoms with Crippen molar-refractivity contribution < 1.29 is 14.3 Å². The van der Waals surface area contributed by atoms with Crippen molar-refractivity contribution in [1.29, 1.82) is 0 Å². The van der Waals surface area contributed by atoms with Gasteiger partial charge in [0.25, 0.3) is 0 Å². The highest BCUT2D eigenvalue weighted by Crippen LogP contribution is 2.31. The molecule has 142 valence electrons. The third kappa shape index (κ3) is 3.72. The number of benzene rings is 3. The monoisotopic (exact) mass is 373 g/mol. The minimum atomic E-state index is -0.541. The van der Waals surface area contributed by atoms with Crippen LogP contribution in [-0.4, -0.2) is 11.0 Å². The standard InChI is InChI=1S/C24H23NO3/c1-24(2,3)23(26)28-18-10-12-20-19-11-9-17(13-21(19)25-22(20)14-18)27-15-16-7-5-4-6-8-16/h4-14,25H,15H2,1-3H3. The zero-order valence-electron chi connectivity index (χ0n) is 16.3. The highest BCUT2D eigenvalue weighted by molar-refractivity contribution is 6.08. The molecule has 1 N–H and O–H groups in total. The molecule has 0 spiro atoms. The predicted octanol–water partition coefficient (Wildman–Crippen LogP) is 5.85. The zero-order valence-corrected chi connectivity index (χ0v) is 16.3. The van der Waals surface area contributed by atoms with Crippen molar-refractivity contribution >= 4 is 27.8 Å². The number of hydrogen-bond acceptors (Lipinski definition) is 3. The van der Waals surface area contributed by atoms with Crippen LogP contribution in [0.1, 0.15) is 26.3 Å². The normalized spacial score (nSPS) is 11.7. The Morgan fingerprint density at radius 1 is 0.857 bits per heavy atom. The Kier molecular flexibility index (Phi) is 4.55. The average molecular weight is 373 g/mol. The van der Waals surface area contributed by atoms with Crippen LogP contribution in [0.4, 0.5) is 0 Å². The Morgan fingerprint density at radius 2 is 1.46 bits per heavy atom.